The monoisotopic (exact) mass is 241 g/mol. The van der Waals surface area contributed by atoms with Crippen LogP contribution in [0, 0.1) is 0 Å². The van der Waals surface area contributed by atoms with Crippen LogP contribution in [0.4, 0.5) is 5.69 Å². The summed E-state index contributed by atoms with van der Waals surface area (Å²) in [5.41, 5.74) is 2.11. The fraction of sp³-hybridized carbons (Fsp3) is 0.0769. The molecule has 0 fully saturated rings. The Balaban J connectivity index is 1.76. The number of thiophene rings is 1. The number of benzene rings is 1. The van der Waals surface area contributed by atoms with E-state index in [1.54, 1.807) is 23.9 Å². The zero-order valence-corrected chi connectivity index (χ0v) is 9.95. The quantitative estimate of drug-likeness (QED) is 0.764. The maximum atomic E-state index is 4.17. The normalized spacial score (nSPS) is 10.6. The van der Waals surface area contributed by atoms with Crippen molar-refractivity contribution < 1.29 is 0 Å². The molecule has 0 aliphatic rings. The van der Waals surface area contributed by atoms with Crippen LogP contribution in [0.1, 0.15) is 5.69 Å². The smallest absolute Gasteiger partial charge is 0.115 e. The van der Waals surface area contributed by atoms with Crippen LogP contribution in [0.2, 0.25) is 0 Å². The predicted molar refractivity (Wildman–Crippen MR) is 71.2 cm³/mol. The van der Waals surface area contributed by atoms with Gasteiger partial charge in [0, 0.05) is 16.6 Å². The van der Waals surface area contributed by atoms with Gasteiger partial charge in [-0.2, -0.15) is 0 Å². The van der Waals surface area contributed by atoms with E-state index in [0.717, 1.165) is 17.9 Å². The van der Waals surface area contributed by atoms with E-state index in [1.807, 2.05) is 6.07 Å². The third-order valence-electron chi connectivity index (χ3n) is 2.57. The van der Waals surface area contributed by atoms with E-state index in [0.29, 0.717) is 0 Å². The summed E-state index contributed by atoms with van der Waals surface area (Å²) in [5, 5.41) is 6.75. The second kappa shape index (κ2) is 4.51. The minimum atomic E-state index is 0.720. The van der Waals surface area contributed by atoms with E-state index in [1.165, 1.54) is 10.1 Å². The average molecular weight is 241 g/mol. The van der Waals surface area contributed by atoms with Crippen molar-refractivity contribution >= 4 is 27.1 Å². The third kappa shape index (κ3) is 2.26. The van der Waals surface area contributed by atoms with Crippen molar-refractivity contribution in [2.75, 3.05) is 5.32 Å². The number of fused-ring (bicyclic) bond motifs is 1. The molecule has 3 aromatic rings. The molecule has 0 aliphatic carbocycles. The van der Waals surface area contributed by atoms with Gasteiger partial charge in [0.1, 0.15) is 6.33 Å². The number of nitrogens with one attached hydrogen (secondary N) is 1. The number of anilines is 1. The molecule has 0 amide bonds. The molecule has 84 valence electrons. The Labute approximate surface area is 103 Å². The lowest BCUT2D eigenvalue weighted by Gasteiger charge is -2.05. The van der Waals surface area contributed by atoms with Crippen molar-refractivity contribution in [3.8, 4) is 0 Å². The maximum absolute atomic E-state index is 4.17. The highest BCUT2D eigenvalue weighted by Gasteiger charge is 1.98. The van der Waals surface area contributed by atoms with E-state index in [9.17, 15) is 0 Å². The highest BCUT2D eigenvalue weighted by molar-refractivity contribution is 7.17. The van der Waals surface area contributed by atoms with Crippen LogP contribution >= 0.6 is 11.3 Å². The molecule has 17 heavy (non-hydrogen) atoms. The Morgan fingerprint density at radius 3 is 3.06 bits per heavy atom. The topological polar surface area (TPSA) is 37.8 Å². The van der Waals surface area contributed by atoms with Crippen molar-refractivity contribution in [2.24, 2.45) is 0 Å². The first-order valence-corrected chi connectivity index (χ1v) is 6.26. The third-order valence-corrected chi connectivity index (χ3v) is 3.47. The number of hydrogen-bond acceptors (Lipinski definition) is 4. The van der Waals surface area contributed by atoms with E-state index in [-0.39, 0.29) is 0 Å². The van der Waals surface area contributed by atoms with Crippen molar-refractivity contribution in [3.05, 3.63) is 53.9 Å². The Kier molecular flexibility index (Phi) is 2.71. The molecule has 4 heteroatoms. The van der Waals surface area contributed by atoms with Gasteiger partial charge in [0.2, 0.25) is 0 Å². The van der Waals surface area contributed by atoms with Crippen molar-refractivity contribution in [1.82, 2.24) is 9.97 Å². The molecule has 0 unspecified atom stereocenters. The van der Waals surface area contributed by atoms with Crippen molar-refractivity contribution in [3.63, 3.8) is 0 Å². The molecule has 2 heterocycles. The van der Waals surface area contributed by atoms with Crippen LogP contribution < -0.4 is 5.32 Å². The van der Waals surface area contributed by atoms with E-state index >= 15 is 0 Å². The van der Waals surface area contributed by atoms with E-state index in [4.69, 9.17) is 0 Å². The highest BCUT2D eigenvalue weighted by atomic mass is 32.1. The SMILES string of the molecule is c1cc(CNc2ccc3sccc3c2)ncn1. The second-order valence-electron chi connectivity index (χ2n) is 3.73. The van der Waals surface area contributed by atoms with Crippen LogP contribution in [-0.4, -0.2) is 9.97 Å². The van der Waals surface area contributed by atoms with Gasteiger partial charge < -0.3 is 5.32 Å². The molecule has 0 saturated carbocycles. The summed E-state index contributed by atoms with van der Waals surface area (Å²) in [6.45, 7) is 0.720. The fourth-order valence-electron chi connectivity index (χ4n) is 1.69. The van der Waals surface area contributed by atoms with Gasteiger partial charge in [-0.05, 0) is 41.1 Å². The first-order chi connectivity index (χ1) is 8.42. The zero-order chi connectivity index (χ0) is 11.5. The zero-order valence-electron chi connectivity index (χ0n) is 9.13. The average Bonchev–Trinajstić information content (AvgIpc) is 2.85. The molecule has 1 N–H and O–H groups in total. The second-order valence-corrected chi connectivity index (χ2v) is 4.68. The Bertz CT molecular complexity index is 619. The number of nitrogens with zero attached hydrogens (tertiary/aromatic N) is 2. The van der Waals surface area contributed by atoms with Crippen LogP contribution in [0.15, 0.2) is 48.2 Å². The summed E-state index contributed by atoms with van der Waals surface area (Å²) in [7, 11) is 0. The van der Waals surface area contributed by atoms with Gasteiger partial charge in [0.05, 0.1) is 12.2 Å². The minimum absolute atomic E-state index is 0.720. The lowest BCUT2D eigenvalue weighted by Crippen LogP contribution is -2.01. The summed E-state index contributed by atoms with van der Waals surface area (Å²) >= 11 is 1.76. The predicted octanol–water partition coefficient (Wildman–Crippen LogP) is 3.30. The summed E-state index contributed by atoms with van der Waals surface area (Å²) in [6, 6.07) is 10.4. The van der Waals surface area contributed by atoms with Crippen LogP contribution in [0.25, 0.3) is 10.1 Å². The lowest BCUT2D eigenvalue weighted by atomic mass is 10.2. The van der Waals surface area contributed by atoms with Crippen LogP contribution in [-0.2, 0) is 6.54 Å². The summed E-state index contributed by atoms with van der Waals surface area (Å²) in [5.74, 6) is 0. The molecule has 2 aromatic heterocycles. The first-order valence-electron chi connectivity index (χ1n) is 5.38. The molecule has 1 aromatic carbocycles. The Hall–Kier alpha value is -1.94. The molecule has 0 bridgehead atoms. The lowest BCUT2D eigenvalue weighted by molar-refractivity contribution is 1.01. The Morgan fingerprint density at radius 1 is 1.18 bits per heavy atom. The van der Waals surface area contributed by atoms with Gasteiger partial charge in [-0.15, -0.1) is 11.3 Å². The van der Waals surface area contributed by atoms with Gasteiger partial charge in [-0.1, -0.05) is 0 Å². The van der Waals surface area contributed by atoms with Crippen molar-refractivity contribution in [2.45, 2.75) is 6.54 Å². The molecule has 0 radical (unpaired) electrons. The molecular formula is C13H11N3S. The number of rotatable bonds is 3. The summed E-state index contributed by atoms with van der Waals surface area (Å²) in [4.78, 5) is 8.07. The molecule has 0 aliphatic heterocycles. The molecule has 0 spiro atoms. The maximum Gasteiger partial charge on any atom is 0.115 e. The summed E-state index contributed by atoms with van der Waals surface area (Å²) in [6.07, 6.45) is 3.32. The molecule has 3 rings (SSSR count). The van der Waals surface area contributed by atoms with E-state index in [2.05, 4.69) is 44.9 Å². The highest BCUT2D eigenvalue weighted by Crippen LogP contribution is 2.24. The minimum Gasteiger partial charge on any atom is -0.379 e. The van der Waals surface area contributed by atoms with Crippen LogP contribution in [0.3, 0.4) is 0 Å². The van der Waals surface area contributed by atoms with Crippen LogP contribution in [0.5, 0.6) is 0 Å². The van der Waals surface area contributed by atoms with Gasteiger partial charge in [-0.25, -0.2) is 9.97 Å². The number of aromatic nitrogens is 2. The van der Waals surface area contributed by atoms with Gasteiger partial charge in [-0.3, -0.25) is 0 Å². The molecule has 3 nitrogen and oxygen atoms in total. The van der Waals surface area contributed by atoms with Gasteiger partial charge >= 0.3 is 0 Å². The van der Waals surface area contributed by atoms with Gasteiger partial charge in [0.15, 0.2) is 0 Å². The molecule has 0 atom stereocenters. The molecule has 0 saturated heterocycles. The Morgan fingerprint density at radius 2 is 2.18 bits per heavy atom. The van der Waals surface area contributed by atoms with Crippen molar-refractivity contribution in [1.29, 1.82) is 0 Å². The fourth-order valence-corrected chi connectivity index (χ4v) is 2.46. The largest absolute Gasteiger partial charge is 0.379 e. The first kappa shape index (κ1) is 10.2. The molecular weight excluding hydrogens is 230 g/mol. The standard InChI is InChI=1S/C13H11N3S/c1-2-13-10(4-6-17-13)7-11(1)15-8-12-3-5-14-9-16-12/h1-7,9,15H,8H2. The summed E-state index contributed by atoms with van der Waals surface area (Å²) < 4.78 is 1.32. The van der Waals surface area contributed by atoms with Gasteiger partial charge in [0.25, 0.3) is 0 Å². The number of hydrogen-bond donors (Lipinski definition) is 1. The van der Waals surface area contributed by atoms with E-state index < -0.39 is 0 Å².